The Morgan fingerprint density at radius 2 is 1.62 bits per heavy atom. The number of ether oxygens (including phenoxy) is 4. The van der Waals surface area contributed by atoms with Crippen LogP contribution in [0.1, 0.15) is 21.6 Å². The van der Waals surface area contributed by atoms with Crippen LogP contribution in [0, 0.1) is 11.6 Å². The number of hydrogen-bond donors (Lipinski definition) is 1. The van der Waals surface area contributed by atoms with E-state index in [1.54, 1.807) is 0 Å². The zero-order valence-corrected chi connectivity index (χ0v) is 20.2. The fourth-order valence-electron chi connectivity index (χ4n) is 3.21. The summed E-state index contributed by atoms with van der Waals surface area (Å²) in [5, 5.41) is 2.08. The average Bonchev–Trinajstić information content (AvgIpc) is 2.85. The largest absolute Gasteiger partial charge is 0.573 e. The van der Waals surface area contributed by atoms with Crippen molar-refractivity contribution in [3.63, 3.8) is 0 Å². The smallest absolute Gasteiger partial charge is 0.493 e. The molecule has 1 N–H and O–H groups in total. The van der Waals surface area contributed by atoms with Gasteiger partial charge in [0.1, 0.15) is 17.1 Å². The van der Waals surface area contributed by atoms with Crippen molar-refractivity contribution in [3.8, 4) is 23.0 Å². The molecular formula is C24H16F8N2O6. The summed E-state index contributed by atoms with van der Waals surface area (Å²) in [5.41, 5.74) is -3.87. The molecule has 1 aromatic heterocycles. The van der Waals surface area contributed by atoms with E-state index >= 15 is 4.39 Å². The summed E-state index contributed by atoms with van der Waals surface area (Å²) in [6, 6.07) is 5.14. The quantitative estimate of drug-likeness (QED) is 0.256. The van der Waals surface area contributed by atoms with Gasteiger partial charge < -0.3 is 24.3 Å². The van der Waals surface area contributed by atoms with Crippen molar-refractivity contribution in [2.45, 2.75) is 19.0 Å². The molecule has 0 fully saturated rings. The molecule has 1 amide bonds. The number of nitrogens with one attached hydrogen (secondary N) is 1. The van der Waals surface area contributed by atoms with Crippen molar-refractivity contribution < 1.29 is 63.7 Å². The van der Waals surface area contributed by atoms with Crippen LogP contribution in [0.5, 0.6) is 23.0 Å². The van der Waals surface area contributed by atoms with Crippen molar-refractivity contribution in [1.29, 1.82) is 0 Å². The van der Waals surface area contributed by atoms with E-state index in [4.69, 9.17) is 9.47 Å². The van der Waals surface area contributed by atoms with Crippen LogP contribution in [0.4, 0.5) is 40.8 Å². The Morgan fingerprint density at radius 1 is 0.925 bits per heavy atom. The molecule has 0 bridgehead atoms. The number of pyridine rings is 1. The van der Waals surface area contributed by atoms with Crippen LogP contribution in [0.25, 0.3) is 0 Å². The summed E-state index contributed by atoms with van der Waals surface area (Å²) in [4.78, 5) is 27.4. The van der Waals surface area contributed by atoms with Crippen LogP contribution < -0.4 is 19.5 Å². The van der Waals surface area contributed by atoms with E-state index in [1.165, 1.54) is 0 Å². The molecule has 1 heterocycles. The van der Waals surface area contributed by atoms with Crippen LogP contribution in [-0.4, -0.2) is 37.4 Å². The summed E-state index contributed by atoms with van der Waals surface area (Å²) in [5.74, 6) is -7.87. The molecule has 40 heavy (non-hydrogen) atoms. The molecule has 214 valence electrons. The van der Waals surface area contributed by atoms with E-state index in [9.17, 15) is 40.3 Å². The molecule has 0 saturated heterocycles. The highest BCUT2D eigenvalue weighted by atomic mass is 19.4. The lowest BCUT2D eigenvalue weighted by Gasteiger charge is -2.17. The zero-order valence-electron chi connectivity index (χ0n) is 20.2. The van der Waals surface area contributed by atoms with Gasteiger partial charge in [0.2, 0.25) is 0 Å². The maximum Gasteiger partial charge on any atom is 0.573 e. The number of rotatable bonds is 8. The van der Waals surface area contributed by atoms with Gasteiger partial charge in [0, 0.05) is 17.3 Å². The summed E-state index contributed by atoms with van der Waals surface area (Å²) in [7, 11) is 2.06. The van der Waals surface area contributed by atoms with Crippen molar-refractivity contribution in [2.24, 2.45) is 0 Å². The summed E-state index contributed by atoms with van der Waals surface area (Å²) in [6.45, 7) is 0. The van der Waals surface area contributed by atoms with E-state index in [2.05, 4.69) is 19.8 Å². The third kappa shape index (κ3) is 7.27. The molecular weight excluding hydrogens is 564 g/mol. The number of halogens is 8. The molecule has 3 rings (SSSR count). The van der Waals surface area contributed by atoms with Gasteiger partial charge >= 0.3 is 18.5 Å². The first-order valence-electron chi connectivity index (χ1n) is 10.7. The monoisotopic (exact) mass is 580 g/mol. The number of aromatic nitrogens is 1. The Hall–Kier alpha value is -4.63. The molecule has 2 aromatic carbocycles. The molecule has 0 aliphatic heterocycles. The number of amides is 1. The van der Waals surface area contributed by atoms with E-state index in [0.717, 1.165) is 50.6 Å². The Labute approximate surface area is 219 Å². The predicted octanol–water partition coefficient (Wildman–Crippen LogP) is 6.05. The topological polar surface area (TPSA) is 96.0 Å². The van der Waals surface area contributed by atoms with E-state index < -0.39 is 76.7 Å². The van der Waals surface area contributed by atoms with Gasteiger partial charge in [-0.15, -0.1) is 13.2 Å². The Morgan fingerprint density at radius 3 is 2.23 bits per heavy atom. The van der Waals surface area contributed by atoms with E-state index in [0.29, 0.717) is 6.20 Å². The maximum atomic E-state index is 15.1. The Kier molecular flexibility index (Phi) is 8.70. The molecule has 8 nitrogen and oxygen atoms in total. The number of methoxy groups -OCH3 is 2. The normalized spacial score (nSPS) is 11.6. The predicted molar refractivity (Wildman–Crippen MR) is 119 cm³/mol. The van der Waals surface area contributed by atoms with Crippen molar-refractivity contribution in [3.05, 3.63) is 71.1 Å². The molecule has 0 aliphatic carbocycles. The van der Waals surface area contributed by atoms with E-state index in [1.807, 2.05) is 0 Å². The lowest BCUT2D eigenvalue weighted by molar-refractivity contribution is -0.274. The molecule has 0 saturated carbocycles. The number of esters is 1. The lowest BCUT2D eigenvalue weighted by Crippen LogP contribution is -2.20. The maximum absolute atomic E-state index is 15.1. The fraction of sp³-hybridized carbons (Fsp3) is 0.208. The van der Waals surface area contributed by atoms with Crippen LogP contribution in [0.2, 0.25) is 0 Å². The van der Waals surface area contributed by atoms with Crippen LogP contribution in [0.15, 0.2) is 42.6 Å². The number of anilines is 1. The highest BCUT2D eigenvalue weighted by molar-refractivity contribution is 6.06. The van der Waals surface area contributed by atoms with Gasteiger partial charge in [-0.2, -0.15) is 13.2 Å². The van der Waals surface area contributed by atoms with Crippen LogP contribution in [-0.2, 0) is 22.1 Å². The molecule has 0 spiro atoms. The second-order valence-corrected chi connectivity index (χ2v) is 7.63. The van der Waals surface area contributed by atoms with Gasteiger partial charge in [-0.25, -0.2) is 13.8 Å². The zero-order chi connectivity index (χ0) is 29.8. The Balaban J connectivity index is 2.03. The first-order valence-corrected chi connectivity index (χ1v) is 10.7. The standard InChI is InChI=1S/C24H16F8N2O6/c1-37-16-9-13(40-24(30,31)32)4-6-15(16)39-17-10-33-21(23(27,28)29)20(26)19(17)22(36)34-12-3-5-14(25)11(7-12)8-18(35)38-2/h3-7,9-10H,8H2,1-2H3,(H,34,36). The molecule has 0 unspecified atom stereocenters. The van der Waals surface area contributed by atoms with Crippen LogP contribution in [0.3, 0.4) is 0 Å². The van der Waals surface area contributed by atoms with Crippen molar-refractivity contribution in [1.82, 2.24) is 4.98 Å². The Bertz CT molecular complexity index is 1430. The molecule has 0 atom stereocenters. The minimum Gasteiger partial charge on any atom is -0.493 e. The summed E-state index contributed by atoms with van der Waals surface area (Å²) in [6.07, 6.45) is -10.6. The first kappa shape index (κ1) is 29.9. The number of hydrogen-bond acceptors (Lipinski definition) is 7. The molecule has 0 aliphatic rings. The number of carbonyl (C=O) groups excluding carboxylic acids is 2. The van der Waals surface area contributed by atoms with Crippen molar-refractivity contribution >= 4 is 17.6 Å². The molecule has 3 aromatic rings. The third-order valence-electron chi connectivity index (χ3n) is 4.93. The SMILES string of the molecule is COC(=O)Cc1cc(NC(=O)c2c(Oc3ccc(OC(F)(F)F)cc3OC)cnc(C(F)(F)F)c2F)ccc1F. The molecule has 0 radical (unpaired) electrons. The van der Waals surface area contributed by atoms with Gasteiger partial charge in [0.05, 0.1) is 26.8 Å². The second kappa shape index (κ2) is 11.6. The van der Waals surface area contributed by atoms with Crippen molar-refractivity contribution in [2.75, 3.05) is 19.5 Å². The van der Waals surface area contributed by atoms with Gasteiger partial charge in [0.15, 0.2) is 28.8 Å². The minimum absolute atomic E-state index is 0.243. The lowest BCUT2D eigenvalue weighted by atomic mass is 10.1. The highest BCUT2D eigenvalue weighted by Crippen LogP contribution is 2.40. The third-order valence-corrected chi connectivity index (χ3v) is 4.93. The second-order valence-electron chi connectivity index (χ2n) is 7.63. The number of benzene rings is 2. The van der Waals surface area contributed by atoms with Gasteiger partial charge in [-0.05, 0) is 30.3 Å². The summed E-state index contributed by atoms with van der Waals surface area (Å²) < 4.78 is 125. The molecule has 16 heteroatoms. The average molecular weight is 580 g/mol. The first-order chi connectivity index (χ1) is 18.6. The van der Waals surface area contributed by atoms with E-state index in [-0.39, 0.29) is 11.3 Å². The van der Waals surface area contributed by atoms with Crippen LogP contribution >= 0.6 is 0 Å². The van der Waals surface area contributed by atoms with Gasteiger partial charge in [0.25, 0.3) is 5.91 Å². The fourth-order valence-corrected chi connectivity index (χ4v) is 3.21. The number of alkyl halides is 6. The minimum atomic E-state index is -5.34. The summed E-state index contributed by atoms with van der Waals surface area (Å²) >= 11 is 0. The van der Waals surface area contributed by atoms with Gasteiger partial charge in [-0.1, -0.05) is 0 Å². The number of carbonyl (C=O) groups is 2. The number of nitrogens with zero attached hydrogens (tertiary/aromatic N) is 1. The van der Waals surface area contributed by atoms with Gasteiger partial charge in [-0.3, -0.25) is 9.59 Å². The highest BCUT2D eigenvalue weighted by Gasteiger charge is 2.39.